The smallest absolute Gasteiger partial charge is 0.251 e. The molecule has 3 nitrogen and oxygen atoms in total. The highest BCUT2D eigenvalue weighted by Gasteiger charge is 2.08. The van der Waals surface area contributed by atoms with Crippen molar-refractivity contribution in [3.63, 3.8) is 0 Å². The second-order valence-electron chi connectivity index (χ2n) is 4.72. The van der Waals surface area contributed by atoms with Gasteiger partial charge in [-0.2, -0.15) is 0 Å². The summed E-state index contributed by atoms with van der Waals surface area (Å²) in [5.41, 5.74) is 3.64. The first-order valence-electron chi connectivity index (χ1n) is 6.52. The van der Waals surface area contributed by atoms with Crippen LogP contribution in [0.1, 0.15) is 21.5 Å². The van der Waals surface area contributed by atoms with Gasteiger partial charge in [0.1, 0.15) is 0 Å². The predicted octanol–water partition coefficient (Wildman–Crippen LogP) is 4.38. The minimum Gasteiger partial charge on any atom is -0.380 e. The van der Waals surface area contributed by atoms with Gasteiger partial charge >= 0.3 is 0 Å². The van der Waals surface area contributed by atoms with Crippen molar-refractivity contribution in [1.82, 2.24) is 5.32 Å². The average Bonchev–Trinajstić information content (AvgIpc) is 2.47. The molecule has 0 unspecified atom stereocenters. The molecule has 0 bridgehead atoms. The normalized spacial score (nSPS) is 10.3. The number of nitrogens with one attached hydrogen (secondary N) is 2. The zero-order chi connectivity index (χ0) is 15.4. The predicted molar refractivity (Wildman–Crippen MR) is 91.0 cm³/mol. The van der Waals surface area contributed by atoms with Crippen molar-refractivity contribution >= 4 is 39.1 Å². The van der Waals surface area contributed by atoms with Gasteiger partial charge in [-0.1, -0.05) is 39.7 Å². The molecule has 0 spiro atoms. The first-order valence-corrected chi connectivity index (χ1v) is 7.69. The van der Waals surface area contributed by atoms with Gasteiger partial charge in [-0.3, -0.25) is 4.79 Å². The lowest BCUT2D eigenvalue weighted by atomic mass is 10.1. The van der Waals surface area contributed by atoms with Crippen molar-refractivity contribution in [2.45, 2.75) is 13.5 Å². The molecule has 0 radical (unpaired) electrons. The molecule has 0 heterocycles. The summed E-state index contributed by atoms with van der Waals surface area (Å²) in [6.07, 6.45) is 0. The maximum atomic E-state index is 11.7. The molecule has 5 heteroatoms. The highest BCUT2D eigenvalue weighted by molar-refractivity contribution is 9.10. The van der Waals surface area contributed by atoms with Crippen LogP contribution in [0, 0.1) is 6.92 Å². The third-order valence-corrected chi connectivity index (χ3v) is 4.20. The second kappa shape index (κ2) is 6.96. The summed E-state index contributed by atoms with van der Waals surface area (Å²) >= 11 is 9.72. The van der Waals surface area contributed by atoms with Crippen LogP contribution < -0.4 is 10.6 Å². The highest BCUT2D eigenvalue weighted by atomic mass is 79.9. The Hall–Kier alpha value is -1.52. The van der Waals surface area contributed by atoms with E-state index in [1.54, 1.807) is 25.2 Å². The Bertz CT molecular complexity index is 673. The fourth-order valence-electron chi connectivity index (χ4n) is 1.93. The van der Waals surface area contributed by atoms with E-state index in [2.05, 4.69) is 44.8 Å². The number of hydrogen-bond donors (Lipinski definition) is 2. The molecule has 0 saturated carbocycles. The minimum atomic E-state index is -0.133. The first kappa shape index (κ1) is 15.9. The summed E-state index contributed by atoms with van der Waals surface area (Å²) in [5, 5.41) is 6.46. The number of carbonyl (C=O) groups excluding carboxylic acids is 1. The minimum absolute atomic E-state index is 0.133. The summed E-state index contributed by atoms with van der Waals surface area (Å²) in [7, 11) is 1.60. The van der Waals surface area contributed by atoms with Gasteiger partial charge in [0.2, 0.25) is 0 Å². The number of carbonyl (C=O) groups is 1. The number of hydrogen-bond acceptors (Lipinski definition) is 2. The van der Waals surface area contributed by atoms with Crippen molar-refractivity contribution in [2.24, 2.45) is 0 Å². The second-order valence-corrected chi connectivity index (χ2v) is 5.98. The fourth-order valence-corrected chi connectivity index (χ4v) is 2.75. The van der Waals surface area contributed by atoms with E-state index in [0.717, 1.165) is 15.7 Å². The number of halogens is 2. The largest absolute Gasteiger partial charge is 0.380 e. The lowest BCUT2D eigenvalue weighted by Gasteiger charge is -2.11. The first-order chi connectivity index (χ1) is 10.0. The number of amides is 1. The van der Waals surface area contributed by atoms with Crippen LogP contribution in [0.15, 0.2) is 40.9 Å². The summed E-state index contributed by atoms with van der Waals surface area (Å²) in [6, 6.07) is 11.4. The molecule has 21 heavy (non-hydrogen) atoms. The maximum absolute atomic E-state index is 11.7. The maximum Gasteiger partial charge on any atom is 0.251 e. The van der Waals surface area contributed by atoms with Crippen LogP contribution in [0.4, 0.5) is 5.69 Å². The Morgan fingerprint density at radius 2 is 2.00 bits per heavy atom. The molecule has 0 aliphatic heterocycles. The third kappa shape index (κ3) is 3.99. The van der Waals surface area contributed by atoms with Crippen molar-refractivity contribution in [3.8, 4) is 0 Å². The van der Waals surface area contributed by atoms with Gasteiger partial charge < -0.3 is 10.6 Å². The SMILES string of the molecule is CNC(=O)c1ccc(Cl)c(NCc2ccc(C)cc2Br)c1. The molecule has 0 fully saturated rings. The fraction of sp³-hybridized carbons (Fsp3) is 0.188. The number of aryl methyl sites for hydroxylation is 1. The Morgan fingerprint density at radius 1 is 1.24 bits per heavy atom. The van der Waals surface area contributed by atoms with Gasteiger partial charge in [0, 0.05) is 23.6 Å². The van der Waals surface area contributed by atoms with Crippen molar-refractivity contribution in [2.75, 3.05) is 12.4 Å². The van der Waals surface area contributed by atoms with Crippen LogP contribution in [0.2, 0.25) is 5.02 Å². The van der Waals surface area contributed by atoms with E-state index in [-0.39, 0.29) is 5.91 Å². The average molecular weight is 368 g/mol. The Balaban J connectivity index is 2.17. The lowest BCUT2D eigenvalue weighted by molar-refractivity contribution is 0.0963. The Labute approximate surface area is 137 Å². The molecular weight excluding hydrogens is 352 g/mol. The third-order valence-electron chi connectivity index (χ3n) is 3.13. The van der Waals surface area contributed by atoms with Crippen molar-refractivity contribution in [3.05, 3.63) is 62.6 Å². The highest BCUT2D eigenvalue weighted by Crippen LogP contribution is 2.25. The summed E-state index contributed by atoms with van der Waals surface area (Å²) in [5.74, 6) is -0.133. The van der Waals surface area contributed by atoms with E-state index in [1.807, 2.05) is 6.92 Å². The van der Waals surface area contributed by atoms with E-state index in [9.17, 15) is 4.79 Å². The summed E-state index contributed by atoms with van der Waals surface area (Å²) < 4.78 is 1.05. The molecule has 2 N–H and O–H groups in total. The van der Waals surface area contributed by atoms with Crippen LogP contribution in [0.25, 0.3) is 0 Å². The zero-order valence-corrected chi connectivity index (χ0v) is 14.2. The summed E-state index contributed by atoms with van der Waals surface area (Å²) in [4.78, 5) is 11.7. The molecule has 0 aliphatic rings. The molecule has 2 aromatic carbocycles. The molecule has 0 saturated heterocycles. The quantitative estimate of drug-likeness (QED) is 0.842. The number of anilines is 1. The zero-order valence-electron chi connectivity index (χ0n) is 11.8. The van der Waals surface area contributed by atoms with Crippen LogP contribution in [-0.4, -0.2) is 13.0 Å². The molecule has 2 rings (SSSR count). The van der Waals surface area contributed by atoms with Crippen LogP contribution in [0.5, 0.6) is 0 Å². The molecule has 0 aliphatic carbocycles. The Kier molecular flexibility index (Phi) is 5.26. The van der Waals surface area contributed by atoms with E-state index in [0.29, 0.717) is 17.1 Å². The topological polar surface area (TPSA) is 41.1 Å². The van der Waals surface area contributed by atoms with Gasteiger partial charge in [-0.25, -0.2) is 0 Å². The molecule has 110 valence electrons. The molecule has 2 aromatic rings. The van der Waals surface area contributed by atoms with E-state index < -0.39 is 0 Å². The summed E-state index contributed by atoms with van der Waals surface area (Å²) in [6.45, 7) is 2.67. The van der Waals surface area contributed by atoms with Gasteiger partial charge in [0.25, 0.3) is 5.91 Å². The van der Waals surface area contributed by atoms with E-state index in [1.165, 1.54) is 5.56 Å². The number of rotatable bonds is 4. The van der Waals surface area contributed by atoms with Gasteiger partial charge in [-0.05, 0) is 42.3 Å². The molecule has 1 amide bonds. The molecule has 0 atom stereocenters. The molecule has 0 aromatic heterocycles. The van der Waals surface area contributed by atoms with Crippen molar-refractivity contribution in [1.29, 1.82) is 0 Å². The monoisotopic (exact) mass is 366 g/mol. The van der Waals surface area contributed by atoms with E-state index >= 15 is 0 Å². The van der Waals surface area contributed by atoms with Gasteiger partial charge in [0.15, 0.2) is 0 Å². The van der Waals surface area contributed by atoms with Crippen molar-refractivity contribution < 1.29 is 4.79 Å². The lowest BCUT2D eigenvalue weighted by Crippen LogP contribution is -2.17. The van der Waals surface area contributed by atoms with E-state index in [4.69, 9.17) is 11.6 Å². The van der Waals surface area contributed by atoms with Crippen LogP contribution in [-0.2, 0) is 6.54 Å². The Morgan fingerprint density at radius 3 is 2.67 bits per heavy atom. The van der Waals surface area contributed by atoms with Gasteiger partial charge in [-0.15, -0.1) is 0 Å². The van der Waals surface area contributed by atoms with Crippen LogP contribution >= 0.6 is 27.5 Å². The molecular formula is C16H16BrClN2O. The number of benzene rings is 2. The standard InChI is InChI=1S/C16H16BrClN2O/c1-10-3-4-12(13(17)7-10)9-20-15-8-11(16(21)19-2)5-6-14(15)18/h3-8,20H,9H2,1-2H3,(H,19,21). The van der Waals surface area contributed by atoms with Gasteiger partial charge in [0.05, 0.1) is 10.7 Å². The van der Waals surface area contributed by atoms with Crippen LogP contribution in [0.3, 0.4) is 0 Å².